The van der Waals surface area contributed by atoms with Crippen LogP contribution in [0.1, 0.15) is 80.7 Å². The monoisotopic (exact) mass is 541 g/mol. The average Bonchev–Trinajstić information content (AvgIpc) is 2.92. The van der Waals surface area contributed by atoms with Crippen molar-refractivity contribution in [3.8, 4) is 0 Å². The van der Waals surface area contributed by atoms with Crippen LogP contribution in [0.2, 0.25) is 0 Å². The molecule has 1 saturated carbocycles. The van der Waals surface area contributed by atoms with Crippen LogP contribution in [0, 0.1) is 5.82 Å². The van der Waals surface area contributed by atoms with Crippen molar-refractivity contribution < 1.29 is 23.8 Å². The zero-order valence-electron chi connectivity index (χ0n) is 23.2. The Balaban J connectivity index is 0.000000519. The summed E-state index contributed by atoms with van der Waals surface area (Å²) < 4.78 is 24.6. The Labute approximate surface area is 232 Å². The number of nitrogens with one attached hydrogen (secondary N) is 1. The van der Waals surface area contributed by atoms with Gasteiger partial charge in [0.1, 0.15) is 17.7 Å². The summed E-state index contributed by atoms with van der Waals surface area (Å²) in [5.74, 6) is -0.313. The number of hydrogen-bond donors (Lipinski definition) is 2. The van der Waals surface area contributed by atoms with Crippen molar-refractivity contribution in [2.24, 2.45) is 0 Å². The first-order chi connectivity index (χ1) is 19.0. The van der Waals surface area contributed by atoms with E-state index in [1.54, 1.807) is 19.2 Å². The van der Waals surface area contributed by atoms with Crippen molar-refractivity contribution >= 4 is 11.8 Å². The van der Waals surface area contributed by atoms with Gasteiger partial charge in [-0.3, -0.25) is 9.69 Å². The molecule has 8 heteroatoms. The van der Waals surface area contributed by atoms with Gasteiger partial charge in [0, 0.05) is 38.1 Å². The molecular weight excluding hydrogens is 497 g/mol. The third-order valence-corrected chi connectivity index (χ3v) is 7.91. The fourth-order valence-electron chi connectivity index (χ4n) is 5.48. The largest absolute Gasteiger partial charge is 0.480 e. The smallest absolute Gasteiger partial charge is 0.325 e. The number of benzene rings is 1. The molecule has 1 saturated heterocycles. The van der Waals surface area contributed by atoms with E-state index in [0.717, 1.165) is 82.8 Å². The van der Waals surface area contributed by atoms with Crippen LogP contribution >= 0.6 is 0 Å². The Kier molecular flexibility index (Phi) is 11.5. The van der Waals surface area contributed by atoms with Gasteiger partial charge in [-0.2, -0.15) is 0 Å². The quantitative estimate of drug-likeness (QED) is 0.349. The topological polar surface area (TPSA) is 83.9 Å². The van der Waals surface area contributed by atoms with E-state index in [2.05, 4.69) is 17.4 Å². The summed E-state index contributed by atoms with van der Waals surface area (Å²) in [6, 6.07) is 9.50. The van der Waals surface area contributed by atoms with Gasteiger partial charge in [-0.25, -0.2) is 9.37 Å². The summed E-state index contributed by atoms with van der Waals surface area (Å²) in [6.45, 7) is 3.74. The predicted octanol–water partition coefficient (Wildman–Crippen LogP) is 5.78. The summed E-state index contributed by atoms with van der Waals surface area (Å²) >= 11 is 0. The van der Waals surface area contributed by atoms with Crippen molar-refractivity contribution in [3.05, 3.63) is 59.0 Å². The second-order valence-corrected chi connectivity index (χ2v) is 10.9. The molecule has 5 rings (SSSR count). The van der Waals surface area contributed by atoms with Crippen LogP contribution in [0.15, 0.2) is 36.4 Å². The number of nitrogens with zero attached hydrogens (tertiary/aromatic N) is 2. The zero-order chi connectivity index (χ0) is 27.5. The standard InChI is InChI=1S/C26H34FN3O3.C5H10O/c1-30(24(26(31)32)19-7-5-9-20(27)15-19)22-16-23(17-22)33-14-4-2-3-10-21-12-11-18-8-6-13-28-25(18)29-21;1-2-4-6-5-3-1/h5,7,9,11-12,15,22-24H,2-4,6,8,10,13-14,16-17H2,1H3,(H,28,29)(H,31,32);1-5H2. The summed E-state index contributed by atoms with van der Waals surface area (Å²) in [6.07, 6.45) is 12.2. The maximum absolute atomic E-state index is 13.6. The second kappa shape index (κ2) is 15.3. The number of unbranched alkanes of at least 4 members (excludes halogenated alkanes) is 2. The molecule has 1 aromatic carbocycles. The molecule has 1 aliphatic carbocycles. The number of aliphatic carboxylic acids is 1. The highest BCUT2D eigenvalue weighted by Crippen LogP contribution is 2.33. The third-order valence-electron chi connectivity index (χ3n) is 7.91. The Bertz CT molecular complexity index is 1030. The number of carbonyl (C=O) groups is 1. The van der Waals surface area contributed by atoms with Crippen LogP contribution in [-0.2, 0) is 27.1 Å². The van der Waals surface area contributed by atoms with Crippen molar-refractivity contribution in [3.63, 3.8) is 0 Å². The Morgan fingerprint density at radius 2 is 1.97 bits per heavy atom. The number of aryl methyl sites for hydroxylation is 2. The van der Waals surface area contributed by atoms with Gasteiger partial charge >= 0.3 is 5.97 Å². The molecule has 2 N–H and O–H groups in total. The molecule has 1 atom stereocenters. The Morgan fingerprint density at radius 1 is 1.15 bits per heavy atom. The maximum Gasteiger partial charge on any atom is 0.325 e. The molecule has 1 unspecified atom stereocenters. The van der Waals surface area contributed by atoms with Gasteiger partial charge in [-0.15, -0.1) is 0 Å². The van der Waals surface area contributed by atoms with E-state index in [0.29, 0.717) is 5.56 Å². The van der Waals surface area contributed by atoms with Gasteiger partial charge in [0.2, 0.25) is 0 Å². The van der Waals surface area contributed by atoms with Crippen LogP contribution in [0.5, 0.6) is 0 Å². The van der Waals surface area contributed by atoms with E-state index in [1.165, 1.54) is 43.4 Å². The minimum Gasteiger partial charge on any atom is -0.480 e. The first-order valence-corrected chi connectivity index (χ1v) is 14.6. The van der Waals surface area contributed by atoms with Crippen molar-refractivity contribution in [2.75, 3.05) is 38.7 Å². The van der Waals surface area contributed by atoms with Crippen LogP contribution in [0.25, 0.3) is 0 Å². The minimum absolute atomic E-state index is 0.128. The molecule has 7 nitrogen and oxygen atoms in total. The van der Waals surface area contributed by atoms with E-state index < -0.39 is 17.8 Å². The molecule has 214 valence electrons. The minimum atomic E-state index is -0.961. The number of pyridine rings is 1. The van der Waals surface area contributed by atoms with E-state index in [-0.39, 0.29) is 12.1 Å². The molecule has 0 amide bonds. The van der Waals surface area contributed by atoms with E-state index in [9.17, 15) is 14.3 Å². The summed E-state index contributed by atoms with van der Waals surface area (Å²) in [5.41, 5.74) is 2.95. The van der Waals surface area contributed by atoms with Gasteiger partial charge in [0.15, 0.2) is 0 Å². The molecule has 0 bridgehead atoms. The number of aromatic nitrogens is 1. The number of rotatable bonds is 11. The number of ether oxygens (including phenoxy) is 2. The normalized spacial score (nSPS) is 21.1. The predicted molar refractivity (Wildman–Crippen MR) is 151 cm³/mol. The number of carboxylic acids is 1. The average molecular weight is 542 g/mol. The number of likely N-dealkylation sites (N-methyl/N-ethyl adjacent to an activating group) is 1. The molecule has 3 aliphatic rings. The molecule has 39 heavy (non-hydrogen) atoms. The number of fused-ring (bicyclic) bond motifs is 1. The van der Waals surface area contributed by atoms with Crippen molar-refractivity contribution in [2.45, 2.75) is 88.8 Å². The highest BCUT2D eigenvalue weighted by Gasteiger charge is 2.38. The van der Waals surface area contributed by atoms with Crippen LogP contribution < -0.4 is 5.32 Å². The third kappa shape index (κ3) is 8.98. The molecular formula is C31H44FN3O4. The lowest BCUT2D eigenvalue weighted by atomic mass is 9.86. The maximum atomic E-state index is 13.6. The lowest BCUT2D eigenvalue weighted by Gasteiger charge is -2.43. The van der Waals surface area contributed by atoms with Crippen LogP contribution in [0.4, 0.5) is 10.2 Å². The van der Waals surface area contributed by atoms with Gasteiger partial charge in [0.25, 0.3) is 0 Å². The summed E-state index contributed by atoms with van der Waals surface area (Å²) in [7, 11) is 1.80. The Morgan fingerprint density at radius 3 is 2.67 bits per heavy atom. The lowest BCUT2D eigenvalue weighted by molar-refractivity contribution is -0.146. The summed E-state index contributed by atoms with van der Waals surface area (Å²) in [5, 5.41) is 13.1. The number of anilines is 1. The first kappa shape index (κ1) is 29.4. The number of hydrogen-bond acceptors (Lipinski definition) is 6. The number of carboxylic acid groups (broad SMARTS) is 1. The van der Waals surface area contributed by atoms with Crippen LogP contribution in [-0.4, -0.2) is 66.5 Å². The summed E-state index contributed by atoms with van der Waals surface area (Å²) in [4.78, 5) is 18.4. The fourth-order valence-corrected chi connectivity index (χ4v) is 5.48. The fraction of sp³-hybridized carbons (Fsp3) is 0.613. The molecule has 1 aromatic heterocycles. The zero-order valence-corrected chi connectivity index (χ0v) is 23.2. The van der Waals surface area contributed by atoms with Crippen molar-refractivity contribution in [1.29, 1.82) is 0 Å². The van der Waals surface area contributed by atoms with Crippen molar-refractivity contribution in [1.82, 2.24) is 9.88 Å². The van der Waals surface area contributed by atoms with Gasteiger partial charge in [0.05, 0.1) is 6.10 Å². The molecule has 0 radical (unpaired) electrons. The van der Waals surface area contributed by atoms with E-state index >= 15 is 0 Å². The van der Waals surface area contributed by atoms with Gasteiger partial charge in [-0.05, 0) is 101 Å². The SMILES string of the molecule is C1CCOCC1.CN(C1CC(OCCCCCc2ccc3c(n2)NCCC3)C1)C(C(=O)O)c1cccc(F)c1. The van der Waals surface area contributed by atoms with Crippen LogP contribution in [0.3, 0.4) is 0 Å². The lowest BCUT2D eigenvalue weighted by Crippen LogP contribution is -2.49. The Hall–Kier alpha value is -2.55. The second-order valence-electron chi connectivity index (χ2n) is 10.9. The molecule has 3 heterocycles. The molecule has 2 aromatic rings. The first-order valence-electron chi connectivity index (χ1n) is 14.6. The molecule has 2 aliphatic heterocycles. The van der Waals surface area contributed by atoms with E-state index in [1.807, 2.05) is 4.90 Å². The highest BCUT2D eigenvalue weighted by molar-refractivity contribution is 5.75. The number of halogens is 1. The van der Waals surface area contributed by atoms with Gasteiger partial charge < -0.3 is 19.9 Å². The molecule has 2 fully saturated rings. The van der Waals surface area contributed by atoms with E-state index in [4.69, 9.17) is 14.5 Å². The van der Waals surface area contributed by atoms with Gasteiger partial charge in [-0.1, -0.05) is 24.6 Å². The highest BCUT2D eigenvalue weighted by atomic mass is 19.1. The molecule has 0 spiro atoms.